The average Bonchev–Trinajstić information content (AvgIpc) is 3.84. The molecular formula is C44H67N7O8S. The van der Waals surface area contributed by atoms with Crippen LogP contribution < -0.4 is 5.32 Å². The summed E-state index contributed by atoms with van der Waals surface area (Å²) in [6.45, 7) is 15.9. The van der Waals surface area contributed by atoms with Gasteiger partial charge < -0.3 is 19.5 Å². The first-order chi connectivity index (χ1) is 28.6. The third-order valence-electron chi connectivity index (χ3n) is 15.1. The van der Waals surface area contributed by atoms with Gasteiger partial charge in [0.25, 0.3) is 0 Å². The molecule has 4 saturated carbocycles. The van der Waals surface area contributed by atoms with Gasteiger partial charge in [0.15, 0.2) is 0 Å². The second-order valence-corrected chi connectivity index (χ2v) is 21.4. The number of hydrogen-bond donors (Lipinski definition) is 1. The lowest BCUT2D eigenvalue weighted by atomic mass is 9.44. The Hall–Kier alpha value is -3.46. The van der Waals surface area contributed by atoms with E-state index in [0.717, 1.165) is 43.1 Å². The quantitative estimate of drug-likeness (QED) is 0.0253. The van der Waals surface area contributed by atoms with Gasteiger partial charge in [0.1, 0.15) is 12.1 Å². The van der Waals surface area contributed by atoms with Crippen molar-refractivity contribution >= 4 is 40.4 Å². The number of non-ortho nitro benzene ring substituents is 1. The first-order valence-corrected chi connectivity index (χ1v) is 23.3. The number of thioether (sulfide) groups is 1. The highest BCUT2D eigenvalue weighted by molar-refractivity contribution is 8.00. The van der Waals surface area contributed by atoms with Crippen molar-refractivity contribution in [1.29, 1.82) is 0 Å². The molecule has 1 amide bonds. The topological polar surface area (TPSA) is 205 Å². The molecule has 0 bridgehead atoms. The van der Waals surface area contributed by atoms with Gasteiger partial charge in [0.2, 0.25) is 11.4 Å². The molecule has 1 aromatic heterocycles. The minimum atomic E-state index is -0.484. The third kappa shape index (κ3) is 10.8. The zero-order valence-corrected chi connectivity index (χ0v) is 37.4. The van der Waals surface area contributed by atoms with Crippen LogP contribution in [0.3, 0.4) is 0 Å². The van der Waals surface area contributed by atoms with E-state index in [1.807, 2.05) is 0 Å². The molecule has 16 heteroatoms. The molecular weight excluding hydrogens is 787 g/mol. The van der Waals surface area contributed by atoms with Crippen LogP contribution in [-0.4, -0.2) is 83.2 Å². The van der Waals surface area contributed by atoms with Crippen LogP contribution in [0, 0.1) is 62.4 Å². The molecule has 332 valence electrons. The van der Waals surface area contributed by atoms with Crippen molar-refractivity contribution in [3.05, 3.63) is 38.3 Å². The predicted molar refractivity (Wildman–Crippen MR) is 230 cm³/mol. The van der Waals surface area contributed by atoms with Crippen LogP contribution in [0.4, 0.5) is 5.69 Å². The van der Waals surface area contributed by atoms with E-state index in [9.17, 15) is 19.7 Å². The number of nitro groups is 1. The van der Waals surface area contributed by atoms with E-state index in [4.69, 9.17) is 24.4 Å². The SMILES string of the molecule is C[C@H](CCC(=O)OCCOCCOCCN=[N+]=[N-])C1CC[C@H]2[C@@H]3CC[C@@H]4C[C@H](NC(=O)[C@H](CSC(C)(C)C)Cc5ccc([N+](=O)[O-])c6nonc56)CC[C@]4(C)[C@H]3CC[C@]12C. The summed E-state index contributed by atoms with van der Waals surface area (Å²) in [4.78, 5) is 40.6. The highest BCUT2D eigenvalue weighted by Gasteiger charge is 2.60. The summed E-state index contributed by atoms with van der Waals surface area (Å²) in [5, 5.41) is 26.3. The number of azide groups is 1. The standard InChI is InChI=1S/C44H67N7O8S/c1-28(7-14-38(52)58-24-23-57-22-21-56-20-19-46-50-45)34-11-12-35-33-10-9-31-26-32(15-17-43(31,5)36(33)16-18-44(34,35)6)47-41(53)30(27-60-42(2,3)4)25-29-8-13-37(51(54)55)40-39(29)48-59-49-40/h8,13,28,30-36H,7,9-12,14-27H2,1-6H3,(H,47,53)/t28-,30+,31-,32-,33+,34?,35+,36+,43+,44-/m1/s1. The predicted octanol–water partition coefficient (Wildman–Crippen LogP) is 9.27. The van der Waals surface area contributed by atoms with Gasteiger partial charge in [-0.25, -0.2) is 4.63 Å². The lowest BCUT2D eigenvalue weighted by Gasteiger charge is -2.61. The van der Waals surface area contributed by atoms with Crippen molar-refractivity contribution in [3.8, 4) is 0 Å². The van der Waals surface area contributed by atoms with E-state index in [1.165, 1.54) is 44.6 Å². The van der Waals surface area contributed by atoms with Crippen LogP contribution in [0.15, 0.2) is 21.9 Å². The molecule has 15 nitrogen and oxygen atoms in total. The Morgan fingerprint density at radius 1 is 1.02 bits per heavy atom. The second kappa shape index (κ2) is 20.2. The van der Waals surface area contributed by atoms with Crippen molar-refractivity contribution in [2.75, 3.05) is 45.3 Å². The van der Waals surface area contributed by atoms with E-state index in [-0.39, 0.29) is 51.8 Å². The fraction of sp³-hybridized carbons (Fsp3) is 0.818. The van der Waals surface area contributed by atoms with Gasteiger partial charge >= 0.3 is 11.7 Å². The number of nitrogens with one attached hydrogen (secondary N) is 1. The molecule has 10 atom stereocenters. The molecule has 1 unspecified atom stereocenters. The number of carbonyl (C=O) groups is 2. The van der Waals surface area contributed by atoms with Crippen LogP contribution in [0.2, 0.25) is 0 Å². The summed E-state index contributed by atoms with van der Waals surface area (Å²) in [5.74, 6) is 3.98. The van der Waals surface area contributed by atoms with Gasteiger partial charge in [-0.1, -0.05) is 46.7 Å². The smallest absolute Gasteiger partial charge is 0.305 e. The summed E-state index contributed by atoms with van der Waals surface area (Å²) < 4.78 is 21.2. The molecule has 6 rings (SSSR count). The summed E-state index contributed by atoms with van der Waals surface area (Å²) in [6.07, 6.45) is 12.3. The summed E-state index contributed by atoms with van der Waals surface area (Å²) in [6, 6.07) is 3.26. The number of aromatic nitrogens is 2. The maximum atomic E-state index is 14.2. The van der Waals surface area contributed by atoms with E-state index >= 15 is 0 Å². The molecule has 2 aromatic rings. The largest absolute Gasteiger partial charge is 0.463 e. The van der Waals surface area contributed by atoms with E-state index in [1.54, 1.807) is 17.8 Å². The van der Waals surface area contributed by atoms with Crippen molar-refractivity contribution < 1.29 is 33.4 Å². The zero-order valence-electron chi connectivity index (χ0n) is 36.6. The van der Waals surface area contributed by atoms with Crippen LogP contribution in [-0.2, 0) is 30.2 Å². The molecule has 4 aliphatic rings. The molecule has 60 heavy (non-hydrogen) atoms. The summed E-state index contributed by atoms with van der Waals surface area (Å²) in [5.41, 5.74) is 9.90. The molecule has 0 aliphatic heterocycles. The Labute approximate surface area is 358 Å². The minimum absolute atomic E-state index is 0.0308. The number of nitro benzene ring substituents is 1. The monoisotopic (exact) mass is 853 g/mol. The fourth-order valence-corrected chi connectivity index (χ4v) is 13.0. The first kappa shape index (κ1) is 46.1. The van der Waals surface area contributed by atoms with E-state index in [2.05, 4.69) is 67.2 Å². The maximum absolute atomic E-state index is 14.2. The highest BCUT2D eigenvalue weighted by Crippen LogP contribution is 2.68. The number of amides is 1. The number of benzene rings is 1. The summed E-state index contributed by atoms with van der Waals surface area (Å²) in [7, 11) is 0. The van der Waals surface area contributed by atoms with Crippen molar-refractivity contribution in [2.45, 2.75) is 129 Å². The van der Waals surface area contributed by atoms with Gasteiger partial charge in [-0.05, 0) is 144 Å². The van der Waals surface area contributed by atoms with Crippen molar-refractivity contribution in [2.24, 2.45) is 57.4 Å². The molecule has 1 N–H and O–H groups in total. The minimum Gasteiger partial charge on any atom is -0.463 e. The maximum Gasteiger partial charge on any atom is 0.305 e. The van der Waals surface area contributed by atoms with Crippen molar-refractivity contribution in [1.82, 2.24) is 15.6 Å². The number of esters is 1. The second-order valence-electron chi connectivity index (χ2n) is 19.6. The Kier molecular flexibility index (Phi) is 15.5. The van der Waals surface area contributed by atoms with Gasteiger partial charge in [0.05, 0.1) is 37.3 Å². The lowest BCUT2D eigenvalue weighted by molar-refractivity contribution is -0.383. The molecule has 4 aliphatic carbocycles. The molecule has 1 aromatic carbocycles. The number of fused-ring (bicyclic) bond motifs is 6. The van der Waals surface area contributed by atoms with Gasteiger partial charge in [-0.3, -0.25) is 19.7 Å². The number of carbonyl (C=O) groups excluding carboxylic acids is 2. The Morgan fingerprint density at radius 2 is 1.73 bits per heavy atom. The van der Waals surface area contributed by atoms with E-state index in [0.29, 0.717) is 86.2 Å². The normalized spacial score (nSPS) is 29.7. The van der Waals surface area contributed by atoms with Crippen molar-refractivity contribution in [3.63, 3.8) is 0 Å². The zero-order chi connectivity index (χ0) is 43.1. The number of rotatable bonds is 20. The average molecular weight is 854 g/mol. The van der Waals surface area contributed by atoms with Crippen LogP contribution in [0.5, 0.6) is 0 Å². The molecule has 1 heterocycles. The number of nitrogens with zero attached hydrogens (tertiary/aromatic N) is 6. The van der Waals surface area contributed by atoms with E-state index < -0.39 is 4.92 Å². The molecule has 0 spiro atoms. The third-order valence-corrected chi connectivity index (χ3v) is 16.5. The summed E-state index contributed by atoms with van der Waals surface area (Å²) >= 11 is 1.75. The Balaban J connectivity index is 0.990. The number of ether oxygens (including phenoxy) is 3. The molecule has 0 saturated heterocycles. The fourth-order valence-electron chi connectivity index (χ4n) is 12.0. The lowest BCUT2D eigenvalue weighted by Crippen LogP contribution is -2.56. The van der Waals surface area contributed by atoms with Gasteiger partial charge in [-0.15, -0.1) is 0 Å². The molecule has 4 fully saturated rings. The highest BCUT2D eigenvalue weighted by atomic mass is 32.2. The first-order valence-electron chi connectivity index (χ1n) is 22.3. The number of hydrogen-bond acceptors (Lipinski definition) is 12. The van der Waals surface area contributed by atoms with Crippen LogP contribution in [0.25, 0.3) is 21.5 Å². The van der Waals surface area contributed by atoms with Crippen LogP contribution >= 0.6 is 11.8 Å². The van der Waals surface area contributed by atoms with Gasteiger partial charge in [0, 0.05) is 40.5 Å². The Bertz CT molecular complexity index is 1850. The van der Waals surface area contributed by atoms with Crippen LogP contribution in [0.1, 0.15) is 118 Å². The van der Waals surface area contributed by atoms with Gasteiger partial charge in [-0.2, -0.15) is 11.8 Å². The molecule has 0 radical (unpaired) electrons. The Morgan fingerprint density at radius 3 is 2.48 bits per heavy atom.